The summed E-state index contributed by atoms with van der Waals surface area (Å²) in [5.41, 5.74) is 2.42. The van der Waals surface area contributed by atoms with Gasteiger partial charge in [0.2, 0.25) is 0 Å². The lowest BCUT2D eigenvalue weighted by molar-refractivity contribution is -0.145. The molecule has 3 aromatic rings. The third-order valence-corrected chi connectivity index (χ3v) is 8.04. The highest BCUT2D eigenvalue weighted by atomic mass is 31.2. The van der Waals surface area contributed by atoms with Crippen LogP contribution in [-0.4, -0.2) is 76.6 Å². The lowest BCUT2D eigenvalue weighted by atomic mass is 10.1. The van der Waals surface area contributed by atoms with Gasteiger partial charge in [0.1, 0.15) is 30.6 Å². The van der Waals surface area contributed by atoms with E-state index in [0.717, 1.165) is 22.2 Å². The third kappa shape index (κ3) is 6.97. The van der Waals surface area contributed by atoms with Crippen LogP contribution in [0.25, 0.3) is 10.8 Å². The van der Waals surface area contributed by atoms with Crippen LogP contribution in [0.4, 0.5) is 0 Å². The lowest BCUT2D eigenvalue weighted by Crippen LogP contribution is -2.54. The maximum Gasteiger partial charge on any atom is 0.459 e. The first-order valence-electron chi connectivity index (χ1n) is 13.0. The largest absolute Gasteiger partial charge is 0.465 e. The van der Waals surface area contributed by atoms with Gasteiger partial charge in [0, 0.05) is 31.4 Å². The number of hydrogen-bond acceptors (Lipinski definition) is 12. The summed E-state index contributed by atoms with van der Waals surface area (Å²) in [6.45, 7) is 0.916. The molecule has 15 nitrogen and oxygen atoms in total. The Hall–Kier alpha value is -3.40. The number of benzene rings is 2. The highest BCUT2D eigenvalue weighted by Gasteiger charge is 2.54. The summed E-state index contributed by atoms with van der Waals surface area (Å²) in [5.74, 6) is -0.595. The first kappa shape index (κ1) is 31.5. The van der Waals surface area contributed by atoms with Crippen LogP contribution < -0.4 is 26.6 Å². The SMILES string of the molecule is CCOC(=O)[C@H](CCOC)NP(=O)(OC[C@@]1(N)O[C@@H](n2ccc(=O)[nH]c2=O)[C@H](O)[C@@H]1O)Oc1cccc2ccccc12. The van der Waals surface area contributed by atoms with Crippen LogP contribution in [0.2, 0.25) is 0 Å². The van der Waals surface area contributed by atoms with Gasteiger partial charge >= 0.3 is 19.4 Å². The van der Waals surface area contributed by atoms with Gasteiger partial charge in [-0.2, -0.15) is 5.09 Å². The van der Waals surface area contributed by atoms with Crippen LogP contribution in [0.5, 0.6) is 5.75 Å². The molecule has 1 unspecified atom stereocenters. The highest BCUT2D eigenvalue weighted by Crippen LogP contribution is 2.48. The minimum atomic E-state index is -4.54. The summed E-state index contributed by atoms with van der Waals surface area (Å²) in [5, 5.41) is 25.4. The molecule has 4 rings (SSSR count). The predicted molar refractivity (Wildman–Crippen MR) is 149 cm³/mol. The zero-order valence-electron chi connectivity index (χ0n) is 22.9. The van der Waals surface area contributed by atoms with Crippen LogP contribution >= 0.6 is 7.75 Å². The third-order valence-electron chi connectivity index (χ3n) is 6.51. The molecule has 0 radical (unpaired) electrons. The van der Waals surface area contributed by atoms with Gasteiger partial charge < -0.3 is 28.9 Å². The van der Waals surface area contributed by atoms with Crippen molar-refractivity contribution in [3.63, 3.8) is 0 Å². The number of carbonyl (C=O) groups excluding carboxylic acids is 1. The first-order valence-corrected chi connectivity index (χ1v) is 14.5. The zero-order chi connectivity index (χ0) is 30.5. The number of carbonyl (C=O) groups is 1. The Morgan fingerprint density at radius 1 is 1.21 bits per heavy atom. The van der Waals surface area contributed by atoms with Crippen molar-refractivity contribution in [1.29, 1.82) is 0 Å². The van der Waals surface area contributed by atoms with E-state index >= 15 is 0 Å². The minimum Gasteiger partial charge on any atom is -0.465 e. The van der Waals surface area contributed by atoms with E-state index in [0.29, 0.717) is 5.39 Å². The Balaban J connectivity index is 1.65. The van der Waals surface area contributed by atoms with E-state index in [1.165, 1.54) is 7.11 Å². The second-order valence-electron chi connectivity index (χ2n) is 9.47. The number of nitrogens with two attached hydrogens (primary N) is 1. The number of esters is 1. The average Bonchev–Trinajstić information content (AvgIpc) is 3.19. The summed E-state index contributed by atoms with van der Waals surface area (Å²) in [6, 6.07) is 12.0. The molecule has 2 aromatic carbocycles. The molecule has 1 aliphatic heterocycles. The number of rotatable bonds is 13. The number of hydrogen-bond donors (Lipinski definition) is 5. The number of nitrogens with one attached hydrogen (secondary N) is 2. The number of aliphatic hydroxyl groups is 2. The summed E-state index contributed by atoms with van der Waals surface area (Å²) in [6.07, 6.45) is -4.03. The number of aromatic nitrogens is 2. The molecular formula is C26H33N4O11P. The van der Waals surface area contributed by atoms with E-state index < -0.39 is 61.8 Å². The van der Waals surface area contributed by atoms with Crippen LogP contribution in [0.1, 0.15) is 19.6 Å². The number of aliphatic hydroxyl groups excluding tert-OH is 2. The maximum absolute atomic E-state index is 14.3. The molecule has 0 aliphatic carbocycles. The molecule has 0 amide bonds. The van der Waals surface area contributed by atoms with E-state index in [1.807, 2.05) is 23.2 Å². The van der Waals surface area contributed by atoms with Crippen molar-refractivity contribution in [2.75, 3.05) is 26.9 Å². The monoisotopic (exact) mass is 608 g/mol. The van der Waals surface area contributed by atoms with Crippen molar-refractivity contribution in [3.05, 3.63) is 75.6 Å². The quantitative estimate of drug-likeness (QED) is 0.131. The molecule has 1 aliphatic rings. The number of methoxy groups -OCH3 is 1. The van der Waals surface area contributed by atoms with E-state index in [9.17, 15) is 29.2 Å². The van der Waals surface area contributed by atoms with Gasteiger partial charge in [-0.25, -0.2) is 9.36 Å². The summed E-state index contributed by atoms with van der Waals surface area (Å²) in [7, 11) is -3.12. The van der Waals surface area contributed by atoms with Gasteiger partial charge in [-0.05, 0) is 24.8 Å². The fourth-order valence-electron chi connectivity index (χ4n) is 4.36. The van der Waals surface area contributed by atoms with Crippen LogP contribution in [0, 0.1) is 0 Å². The van der Waals surface area contributed by atoms with Gasteiger partial charge in [-0.1, -0.05) is 36.4 Å². The molecule has 1 aromatic heterocycles. The summed E-state index contributed by atoms with van der Waals surface area (Å²) in [4.78, 5) is 38.5. The molecular weight excluding hydrogens is 575 g/mol. The molecule has 0 saturated carbocycles. The normalized spacial score (nSPS) is 24.3. The first-order chi connectivity index (χ1) is 20.0. The molecule has 228 valence electrons. The van der Waals surface area contributed by atoms with Crippen molar-refractivity contribution in [3.8, 4) is 5.75 Å². The highest BCUT2D eigenvalue weighted by molar-refractivity contribution is 7.52. The van der Waals surface area contributed by atoms with E-state index in [4.69, 9.17) is 29.0 Å². The fraction of sp³-hybridized carbons (Fsp3) is 0.423. The van der Waals surface area contributed by atoms with Gasteiger partial charge in [0.15, 0.2) is 12.0 Å². The molecule has 0 spiro atoms. The van der Waals surface area contributed by atoms with Crippen molar-refractivity contribution < 1.29 is 42.8 Å². The molecule has 42 heavy (non-hydrogen) atoms. The average molecular weight is 609 g/mol. The second kappa shape index (κ2) is 13.3. The van der Waals surface area contributed by atoms with Crippen LogP contribution in [-0.2, 0) is 28.1 Å². The maximum atomic E-state index is 14.3. The number of fused-ring (bicyclic) bond motifs is 1. The standard InChI is InChI=1S/C26H33N4O11P/c1-3-38-24(34)18(12-14-37-2)29-42(36,41-19-10-6-8-16-7-4-5-9-17(16)19)39-15-26(27)22(33)21(32)23(40-26)30-13-11-20(31)28-25(30)35/h4-11,13,18,21-23,32-33H,3,12,14-15,27H2,1-2H3,(H,29,36)(H,28,31,35)/t18-,21+,22-,23+,26+,42?/m0/s1. The Labute approximate surface area is 239 Å². The van der Waals surface area contributed by atoms with Crippen LogP contribution in [0.3, 0.4) is 0 Å². The van der Waals surface area contributed by atoms with E-state index in [2.05, 4.69) is 5.09 Å². The Morgan fingerprint density at radius 3 is 2.67 bits per heavy atom. The predicted octanol–water partition coefficient (Wildman–Crippen LogP) is 0.357. The van der Waals surface area contributed by atoms with Gasteiger partial charge in [-0.3, -0.25) is 29.4 Å². The number of H-pyrrole nitrogens is 1. The molecule has 2 heterocycles. The fourth-order valence-corrected chi connectivity index (χ4v) is 5.95. The minimum absolute atomic E-state index is 0.0321. The van der Waals surface area contributed by atoms with Crippen LogP contribution in [0.15, 0.2) is 64.3 Å². The summed E-state index contributed by atoms with van der Waals surface area (Å²) < 4.78 is 42.5. The van der Waals surface area contributed by atoms with E-state index in [1.54, 1.807) is 31.2 Å². The Kier molecular flexibility index (Phi) is 9.97. The lowest BCUT2D eigenvalue weighted by Gasteiger charge is -2.30. The molecule has 16 heteroatoms. The van der Waals surface area contributed by atoms with Crippen molar-refractivity contribution in [1.82, 2.24) is 14.6 Å². The zero-order valence-corrected chi connectivity index (χ0v) is 23.8. The Bertz CT molecular complexity index is 1560. The molecule has 0 bridgehead atoms. The van der Waals surface area contributed by atoms with Gasteiger partial charge in [0.05, 0.1) is 6.61 Å². The topological polar surface area (TPSA) is 214 Å². The van der Waals surface area contributed by atoms with Crippen molar-refractivity contribution >= 4 is 24.5 Å². The molecule has 1 saturated heterocycles. The van der Waals surface area contributed by atoms with Gasteiger partial charge in [-0.15, -0.1) is 0 Å². The van der Waals surface area contributed by atoms with Crippen molar-refractivity contribution in [2.24, 2.45) is 5.73 Å². The Morgan fingerprint density at radius 2 is 1.95 bits per heavy atom. The molecule has 6 N–H and O–H groups in total. The summed E-state index contributed by atoms with van der Waals surface area (Å²) >= 11 is 0. The smallest absolute Gasteiger partial charge is 0.459 e. The number of ether oxygens (including phenoxy) is 3. The molecule has 6 atom stereocenters. The number of aromatic amines is 1. The molecule has 1 fully saturated rings. The number of nitrogens with zero attached hydrogens (tertiary/aromatic N) is 1. The van der Waals surface area contributed by atoms with Gasteiger partial charge in [0.25, 0.3) is 5.56 Å². The second-order valence-corrected chi connectivity index (χ2v) is 11.2. The van der Waals surface area contributed by atoms with Crippen molar-refractivity contribution in [2.45, 2.75) is 43.5 Å². The van der Waals surface area contributed by atoms with E-state index in [-0.39, 0.29) is 25.4 Å².